The minimum absolute atomic E-state index is 0.00500. The van der Waals surface area contributed by atoms with Gasteiger partial charge in [0, 0.05) is 5.69 Å². The Morgan fingerprint density at radius 3 is 2.70 bits per heavy atom. The van der Waals surface area contributed by atoms with Crippen LogP contribution in [0.25, 0.3) is 22.6 Å². The van der Waals surface area contributed by atoms with Crippen molar-refractivity contribution >= 4 is 51.6 Å². The van der Waals surface area contributed by atoms with Crippen LogP contribution in [0.15, 0.2) is 65.1 Å². The molecule has 30 heavy (non-hydrogen) atoms. The maximum atomic E-state index is 13.2. The SMILES string of the molecule is O=C(NC(=S)Nc1ccc(O)c(-c2nc3ccccc3o2)c1)c1ccc(F)cc1Cl. The maximum absolute atomic E-state index is 13.2. The summed E-state index contributed by atoms with van der Waals surface area (Å²) in [5.74, 6) is -0.922. The van der Waals surface area contributed by atoms with Gasteiger partial charge in [0.15, 0.2) is 10.7 Å². The normalized spacial score (nSPS) is 10.7. The highest BCUT2D eigenvalue weighted by Crippen LogP contribution is 2.33. The molecule has 0 aliphatic carbocycles. The maximum Gasteiger partial charge on any atom is 0.258 e. The molecule has 0 saturated carbocycles. The van der Waals surface area contributed by atoms with Gasteiger partial charge in [-0.2, -0.15) is 0 Å². The molecule has 0 radical (unpaired) electrons. The van der Waals surface area contributed by atoms with E-state index in [4.69, 9.17) is 28.2 Å². The van der Waals surface area contributed by atoms with E-state index in [0.717, 1.165) is 12.1 Å². The zero-order valence-electron chi connectivity index (χ0n) is 15.1. The number of phenols is 1. The van der Waals surface area contributed by atoms with Gasteiger partial charge in [0.25, 0.3) is 5.91 Å². The van der Waals surface area contributed by atoms with Crippen molar-refractivity contribution in [3.8, 4) is 17.2 Å². The number of carbonyl (C=O) groups excluding carboxylic acids is 1. The number of amides is 1. The van der Waals surface area contributed by atoms with Gasteiger partial charge in [-0.05, 0) is 60.7 Å². The number of hydrogen-bond donors (Lipinski definition) is 3. The smallest absolute Gasteiger partial charge is 0.258 e. The Labute approximate surface area is 180 Å². The number of nitrogens with zero attached hydrogens (tertiary/aromatic N) is 1. The summed E-state index contributed by atoms with van der Waals surface area (Å²) in [5, 5.41) is 15.5. The zero-order chi connectivity index (χ0) is 21.3. The Morgan fingerprint density at radius 1 is 1.13 bits per heavy atom. The second-order valence-electron chi connectivity index (χ2n) is 6.25. The number of oxazole rings is 1. The largest absolute Gasteiger partial charge is 0.507 e. The van der Waals surface area contributed by atoms with Gasteiger partial charge in [-0.1, -0.05) is 23.7 Å². The number of carbonyl (C=O) groups is 1. The monoisotopic (exact) mass is 441 g/mol. The fourth-order valence-electron chi connectivity index (χ4n) is 2.78. The Hall–Kier alpha value is -3.49. The van der Waals surface area contributed by atoms with Crippen LogP contribution in [-0.4, -0.2) is 21.1 Å². The fraction of sp³-hybridized carbons (Fsp3) is 0. The highest BCUT2D eigenvalue weighted by Gasteiger charge is 2.15. The molecular weight excluding hydrogens is 429 g/mol. The highest BCUT2D eigenvalue weighted by molar-refractivity contribution is 7.80. The number of anilines is 1. The van der Waals surface area contributed by atoms with Gasteiger partial charge in [-0.15, -0.1) is 0 Å². The Bertz CT molecular complexity index is 1260. The fourth-order valence-corrected chi connectivity index (χ4v) is 3.24. The number of para-hydroxylation sites is 2. The highest BCUT2D eigenvalue weighted by atomic mass is 35.5. The van der Waals surface area contributed by atoms with Crippen molar-refractivity contribution in [3.63, 3.8) is 0 Å². The molecule has 1 aromatic heterocycles. The van der Waals surface area contributed by atoms with Crippen molar-refractivity contribution in [1.29, 1.82) is 0 Å². The molecule has 1 amide bonds. The molecule has 0 spiro atoms. The number of nitrogens with one attached hydrogen (secondary N) is 2. The number of halogens is 2. The predicted molar refractivity (Wildman–Crippen MR) is 116 cm³/mol. The third kappa shape index (κ3) is 4.10. The number of aromatic nitrogens is 1. The van der Waals surface area contributed by atoms with Crippen LogP contribution in [0.1, 0.15) is 10.4 Å². The molecule has 0 atom stereocenters. The van der Waals surface area contributed by atoms with Gasteiger partial charge in [0.05, 0.1) is 16.1 Å². The van der Waals surface area contributed by atoms with E-state index in [0.29, 0.717) is 22.4 Å². The molecule has 0 aliphatic rings. The van der Waals surface area contributed by atoms with Gasteiger partial charge in [0.1, 0.15) is 17.1 Å². The second kappa shape index (κ2) is 8.10. The molecule has 0 fully saturated rings. The first-order valence-electron chi connectivity index (χ1n) is 8.67. The number of benzene rings is 3. The lowest BCUT2D eigenvalue weighted by Gasteiger charge is -2.11. The van der Waals surface area contributed by atoms with Crippen LogP contribution in [0.4, 0.5) is 10.1 Å². The molecule has 4 aromatic rings. The number of rotatable bonds is 3. The molecule has 0 unspecified atom stereocenters. The molecule has 3 aromatic carbocycles. The van der Waals surface area contributed by atoms with Gasteiger partial charge < -0.3 is 14.8 Å². The molecule has 4 rings (SSSR count). The summed E-state index contributed by atoms with van der Waals surface area (Å²) in [7, 11) is 0. The molecule has 1 heterocycles. The van der Waals surface area contributed by atoms with Crippen LogP contribution < -0.4 is 10.6 Å². The quantitative estimate of drug-likeness (QED) is 0.302. The number of aromatic hydroxyl groups is 1. The predicted octanol–water partition coefficient (Wildman–Crippen LogP) is 5.12. The van der Waals surface area contributed by atoms with Crippen molar-refractivity contribution < 1.29 is 18.7 Å². The van der Waals surface area contributed by atoms with Gasteiger partial charge in [-0.3, -0.25) is 10.1 Å². The lowest BCUT2D eigenvalue weighted by Crippen LogP contribution is -2.34. The summed E-state index contributed by atoms with van der Waals surface area (Å²) < 4.78 is 18.8. The summed E-state index contributed by atoms with van der Waals surface area (Å²) in [6, 6.07) is 15.3. The zero-order valence-corrected chi connectivity index (χ0v) is 16.7. The number of phenolic OH excluding ortho intramolecular Hbond substituents is 1. The first kappa shape index (κ1) is 19.8. The van der Waals surface area contributed by atoms with Gasteiger partial charge in [0.2, 0.25) is 5.89 Å². The first-order chi connectivity index (χ1) is 14.4. The van der Waals surface area contributed by atoms with Crippen molar-refractivity contribution in [2.45, 2.75) is 0 Å². The van der Waals surface area contributed by atoms with E-state index in [2.05, 4.69) is 15.6 Å². The minimum atomic E-state index is -0.588. The lowest BCUT2D eigenvalue weighted by molar-refractivity contribution is 0.0978. The van der Waals surface area contributed by atoms with E-state index in [1.54, 1.807) is 24.3 Å². The standard InChI is InChI=1S/C21H13ClFN3O3S/c22-15-9-11(23)5-7-13(15)19(28)26-21(30)24-12-6-8-17(27)14(10-12)20-25-16-3-1-2-4-18(16)29-20/h1-10,27H,(H2,24,26,28,30). The number of fused-ring (bicyclic) bond motifs is 1. The second-order valence-corrected chi connectivity index (χ2v) is 7.07. The van der Waals surface area contributed by atoms with E-state index in [1.165, 1.54) is 12.1 Å². The average molecular weight is 442 g/mol. The Morgan fingerprint density at radius 2 is 1.93 bits per heavy atom. The Kier molecular flexibility index (Phi) is 5.35. The molecule has 0 aliphatic heterocycles. The third-order valence-electron chi connectivity index (χ3n) is 4.18. The van der Waals surface area contributed by atoms with E-state index < -0.39 is 11.7 Å². The number of thiocarbonyl (C=S) groups is 1. The van der Waals surface area contributed by atoms with Crippen molar-refractivity contribution in [3.05, 3.63) is 77.1 Å². The molecule has 6 nitrogen and oxygen atoms in total. The van der Waals surface area contributed by atoms with Gasteiger partial charge >= 0.3 is 0 Å². The van der Waals surface area contributed by atoms with E-state index in [1.807, 2.05) is 12.1 Å². The molecule has 150 valence electrons. The average Bonchev–Trinajstić information content (AvgIpc) is 3.13. The molecule has 3 N–H and O–H groups in total. The van der Waals surface area contributed by atoms with Crippen molar-refractivity contribution in [1.82, 2.24) is 10.3 Å². The van der Waals surface area contributed by atoms with E-state index in [9.17, 15) is 14.3 Å². The molecule has 9 heteroatoms. The van der Waals surface area contributed by atoms with E-state index >= 15 is 0 Å². The van der Waals surface area contributed by atoms with Crippen LogP contribution in [0.5, 0.6) is 5.75 Å². The van der Waals surface area contributed by atoms with Crippen molar-refractivity contribution in [2.24, 2.45) is 0 Å². The summed E-state index contributed by atoms with van der Waals surface area (Å²) in [5.41, 5.74) is 2.17. The molecule has 0 saturated heterocycles. The summed E-state index contributed by atoms with van der Waals surface area (Å²) in [6.45, 7) is 0. The lowest BCUT2D eigenvalue weighted by atomic mass is 10.1. The van der Waals surface area contributed by atoms with Crippen LogP contribution in [0.3, 0.4) is 0 Å². The van der Waals surface area contributed by atoms with Crippen LogP contribution in [0.2, 0.25) is 5.02 Å². The third-order valence-corrected chi connectivity index (χ3v) is 4.70. The van der Waals surface area contributed by atoms with Crippen molar-refractivity contribution in [2.75, 3.05) is 5.32 Å². The van der Waals surface area contributed by atoms with Gasteiger partial charge in [-0.25, -0.2) is 9.37 Å². The summed E-state index contributed by atoms with van der Waals surface area (Å²) >= 11 is 11.1. The number of hydrogen-bond acceptors (Lipinski definition) is 5. The first-order valence-corrected chi connectivity index (χ1v) is 9.45. The summed E-state index contributed by atoms with van der Waals surface area (Å²) in [6.07, 6.45) is 0. The van der Waals surface area contributed by atoms with Crippen LogP contribution in [0, 0.1) is 5.82 Å². The van der Waals surface area contributed by atoms with E-state index in [-0.39, 0.29) is 27.3 Å². The summed E-state index contributed by atoms with van der Waals surface area (Å²) in [4.78, 5) is 16.7. The molecular formula is C21H13ClFN3O3S. The van der Waals surface area contributed by atoms with Crippen LogP contribution in [-0.2, 0) is 0 Å². The Balaban J connectivity index is 1.52. The molecule has 0 bridgehead atoms. The van der Waals surface area contributed by atoms with Crippen LogP contribution >= 0.6 is 23.8 Å². The minimum Gasteiger partial charge on any atom is -0.507 e. The topological polar surface area (TPSA) is 87.4 Å².